The van der Waals surface area contributed by atoms with Gasteiger partial charge in [-0.2, -0.15) is 0 Å². The predicted molar refractivity (Wildman–Crippen MR) is 87.5 cm³/mol. The maximum atomic E-state index is 13.5. The van der Waals surface area contributed by atoms with Crippen molar-refractivity contribution in [3.63, 3.8) is 0 Å². The van der Waals surface area contributed by atoms with Crippen LogP contribution in [0.5, 0.6) is 0 Å². The Kier molecular flexibility index (Phi) is 4.55. The third-order valence-electron chi connectivity index (χ3n) is 3.92. The van der Waals surface area contributed by atoms with Gasteiger partial charge in [0.1, 0.15) is 17.5 Å². The maximum Gasteiger partial charge on any atom is 0.224 e. The Labute approximate surface area is 138 Å². The summed E-state index contributed by atoms with van der Waals surface area (Å²) in [4.78, 5) is 16.3. The van der Waals surface area contributed by atoms with Crippen molar-refractivity contribution in [3.05, 3.63) is 65.5 Å². The number of hydrogen-bond acceptors (Lipinski definition) is 2. The molecule has 0 bridgehead atoms. The molecule has 6 heteroatoms. The topological polar surface area (TPSA) is 46.9 Å². The second-order valence-electron chi connectivity index (χ2n) is 5.59. The molecule has 0 spiro atoms. The van der Waals surface area contributed by atoms with Crippen LogP contribution >= 0.6 is 0 Å². The molecule has 0 aliphatic carbocycles. The molecule has 0 radical (unpaired) electrons. The van der Waals surface area contributed by atoms with E-state index in [0.717, 1.165) is 11.3 Å². The lowest BCUT2D eigenvalue weighted by atomic mass is 10.1. The summed E-state index contributed by atoms with van der Waals surface area (Å²) < 4.78 is 28.6. The lowest BCUT2D eigenvalue weighted by Gasteiger charge is -2.06. The normalized spacial score (nSPS) is 11.0. The molecule has 0 saturated carbocycles. The summed E-state index contributed by atoms with van der Waals surface area (Å²) in [5.41, 5.74) is 1.79. The Balaban J connectivity index is 1.59. The molecule has 0 saturated heterocycles. The standard InChI is InChI=1S/C18H17F2N3O/c1-23-16-7-6-13(19)11-15(16)22-17(23)8-9-21-18(24)10-12-4-2-3-5-14(12)20/h2-7,11H,8-10H2,1H3,(H,21,24). The second-order valence-corrected chi connectivity index (χ2v) is 5.59. The van der Waals surface area contributed by atoms with Gasteiger partial charge in [-0.05, 0) is 23.8 Å². The number of amides is 1. The quantitative estimate of drug-likeness (QED) is 0.782. The zero-order valence-corrected chi connectivity index (χ0v) is 13.2. The van der Waals surface area contributed by atoms with Crippen LogP contribution in [0, 0.1) is 11.6 Å². The van der Waals surface area contributed by atoms with Gasteiger partial charge in [0.2, 0.25) is 5.91 Å². The predicted octanol–water partition coefficient (Wildman–Crippen LogP) is 2.75. The van der Waals surface area contributed by atoms with E-state index >= 15 is 0 Å². The molecule has 4 nitrogen and oxygen atoms in total. The third-order valence-corrected chi connectivity index (χ3v) is 3.92. The molecule has 0 unspecified atom stereocenters. The third kappa shape index (κ3) is 3.42. The van der Waals surface area contributed by atoms with Crippen molar-refractivity contribution in [2.24, 2.45) is 7.05 Å². The fourth-order valence-corrected chi connectivity index (χ4v) is 2.64. The Bertz CT molecular complexity index is 889. The van der Waals surface area contributed by atoms with Gasteiger partial charge in [-0.1, -0.05) is 18.2 Å². The van der Waals surface area contributed by atoms with Crippen molar-refractivity contribution in [1.29, 1.82) is 0 Å². The molecule has 0 aliphatic rings. The number of halogens is 2. The van der Waals surface area contributed by atoms with E-state index in [-0.39, 0.29) is 24.0 Å². The van der Waals surface area contributed by atoms with E-state index in [1.807, 2.05) is 11.6 Å². The van der Waals surface area contributed by atoms with Gasteiger partial charge in [-0.3, -0.25) is 4.79 Å². The number of imidazole rings is 1. The van der Waals surface area contributed by atoms with Gasteiger partial charge in [0.05, 0.1) is 17.5 Å². The molecule has 0 atom stereocenters. The van der Waals surface area contributed by atoms with E-state index in [4.69, 9.17) is 0 Å². The minimum Gasteiger partial charge on any atom is -0.355 e. The highest BCUT2D eigenvalue weighted by molar-refractivity contribution is 5.78. The Morgan fingerprint density at radius 2 is 2.00 bits per heavy atom. The highest BCUT2D eigenvalue weighted by Gasteiger charge is 2.10. The first kappa shape index (κ1) is 16.1. The van der Waals surface area contributed by atoms with Crippen molar-refractivity contribution in [3.8, 4) is 0 Å². The highest BCUT2D eigenvalue weighted by atomic mass is 19.1. The van der Waals surface area contributed by atoms with Crippen LogP contribution in [0.3, 0.4) is 0 Å². The molecule has 0 aliphatic heterocycles. The molecule has 2 aromatic carbocycles. The Morgan fingerprint density at radius 3 is 2.79 bits per heavy atom. The number of nitrogens with one attached hydrogen (secondary N) is 1. The van der Waals surface area contributed by atoms with E-state index in [9.17, 15) is 13.6 Å². The first-order valence-corrected chi connectivity index (χ1v) is 7.65. The van der Waals surface area contributed by atoms with Crippen molar-refractivity contribution in [2.45, 2.75) is 12.8 Å². The second kappa shape index (κ2) is 6.78. The van der Waals surface area contributed by atoms with Crippen molar-refractivity contribution < 1.29 is 13.6 Å². The van der Waals surface area contributed by atoms with Crippen molar-refractivity contribution in [2.75, 3.05) is 6.54 Å². The number of hydrogen-bond donors (Lipinski definition) is 1. The average molecular weight is 329 g/mol. The summed E-state index contributed by atoms with van der Waals surface area (Å²) in [6.07, 6.45) is 0.510. The van der Waals surface area contributed by atoms with E-state index < -0.39 is 0 Å². The number of fused-ring (bicyclic) bond motifs is 1. The van der Waals surface area contributed by atoms with Crippen LogP contribution in [0.1, 0.15) is 11.4 Å². The van der Waals surface area contributed by atoms with E-state index in [0.29, 0.717) is 24.0 Å². The smallest absolute Gasteiger partial charge is 0.224 e. The van der Waals surface area contributed by atoms with Gasteiger partial charge in [-0.25, -0.2) is 13.8 Å². The SMILES string of the molecule is Cn1c(CCNC(=O)Cc2ccccc2F)nc2cc(F)ccc21. The number of rotatable bonds is 5. The molecule has 1 aromatic heterocycles. The molecule has 3 rings (SSSR count). The van der Waals surface area contributed by atoms with Crippen LogP contribution in [0.2, 0.25) is 0 Å². The molecule has 3 aromatic rings. The molecular weight excluding hydrogens is 312 g/mol. The number of nitrogens with zero attached hydrogens (tertiary/aromatic N) is 2. The minimum atomic E-state index is -0.384. The number of benzene rings is 2. The van der Waals surface area contributed by atoms with Gasteiger partial charge in [0, 0.05) is 26.1 Å². The maximum absolute atomic E-state index is 13.5. The van der Waals surface area contributed by atoms with Gasteiger partial charge >= 0.3 is 0 Å². The van der Waals surface area contributed by atoms with Crippen molar-refractivity contribution in [1.82, 2.24) is 14.9 Å². The first-order chi connectivity index (χ1) is 11.5. The molecule has 1 heterocycles. The number of aryl methyl sites for hydroxylation is 1. The van der Waals surface area contributed by atoms with Gasteiger partial charge < -0.3 is 9.88 Å². The van der Waals surface area contributed by atoms with Gasteiger partial charge in [0.25, 0.3) is 0 Å². The van der Waals surface area contributed by atoms with E-state index in [1.54, 1.807) is 24.3 Å². The average Bonchev–Trinajstić information content (AvgIpc) is 2.85. The van der Waals surface area contributed by atoms with Crippen molar-refractivity contribution >= 4 is 16.9 Å². The van der Waals surface area contributed by atoms with E-state index in [1.165, 1.54) is 18.2 Å². The summed E-state index contributed by atoms with van der Waals surface area (Å²) in [5, 5.41) is 2.76. The molecule has 1 N–H and O–H groups in total. The molecular formula is C18H17F2N3O. The number of aromatic nitrogens is 2. The van der Waals surface area contributed by atoms with Crippen LogP contribution in [0.15, 0.2) is 42.5 Å². The highest BCUT2D eigenvalue weighted by Crippen LogP contribution is 2.16. The molecule has 124 valence electrons. The van der Waals surface area contributed by atoms with Gasteiger partial charge in [-0.15, -0.1) is 0 Å². The lowest BCUT2D eigenvalue weighted by Crippen LogP contribution is -2.28. The molecule has 0 fully saturated rings. The summed E-state index contributed by atoms with van der Waals surface area (Å²) in [6.45, 7) is 0.382. The van der Waals surface area contributed by atoms with E-state index in [2.05, 4.69) is 10.3 Å². The first-order valence-electron chi connectivity index (χ1n) is 7.65. The largest absolute Gasteiger partial charge is 0.355 e. The van der Waals surface area contributed by atoms with Crippen LogP contribution < -0.4 is 5.32 Å². The Morgan fingerprint density at radius 1 is 1.21 bits per heavy atom. The zero-order valence-electron chi connectivity index (χ0n) is 13.2. The van der Waals surface area contributed by atoms with Gasteiger partial charge in [0.15, 0.2) is 0 Å². The zero-order chi connectivity index (χ0) is 17.1. The fraction of sp³-hybridized carbons (Fsp3) is 0.222. The molecule has 24 heavy (non-hydrogen) atoms. The fourth-order valence-electron chi connectivity index (χ4n) is 2.64. The minimum absolute atomic E-state index is 0.000422. The lowest BCUT2D eigenvalue weighted by molar-refractivity contribution is -0.120. The number of carbonyl (C=O) groups is 1. The summed E-state index contributed by atoms with van der Waals surface area (Å²) in [6, 6.07) is 10.7. The van der Waals surface area contributed by atoms with Crippen LogP contribution in [-0.4, -0.2) is 22.0 Å². The Hall–Kier alpha value is -2.76. The van der Waals surface area contributed by atoms with Crippen LogP contribution in [-0.2, 0) is 24.7 Å². The summed E-state index contributed by atoms with van der Waals surface area (Å²) in [7, 11) is 1.85. The molecule has 1 amide bonds. The monoisotopic (exact) mass is 329 g/mol. The van der Waals surface area contributed by atoms with Crippen LogP contribution in [0.4, 0.5) is 8.78 Å². The summed E-state index contributed by atoms with van der Waals surface area (Å²) in [5.74, 6) is -0.206. The van der Waals surface area contributed by atoms with Crippen LogP contribution in [0.25, 0.3) is 11.0 Å². The summed E-state index contributed by atoms with van der Waals surface area (Å²) >= 11 is 0. The number of carbonyl (C=O) groups excluding carboxylic acids is 1.